The van der Waals surface area contributed by atoms with Crippen molar-refractivity contribution in [1.29, 1.82) is 0 Å². The third-order valence-corrected chi connectivity index (χ3v) is 5.91. The number of hydrogen-bond acceptors (Lipinski definition) is 3. The van der Waals surface area contributed by atoms with Gasteiger partial charge >= 0.3 is 5.97 Å². The van der Waals surface area contributed by atoms with Gasteiger partial charge in [-0.25, -0.2) is 8.42 Å². The molecule has 1 aromatic heterocycles. The number of benzene rings is 1. The van der Waals surface area contributed by atoms with Crippen LogP contribution in [0.3, 0.4) is 0 Å². The van der Waals surface area contributed by atoms with Crippen molar-refractivity contribution in [3.05, 3.63) is 30.5 Å². The molecule has 2 aromatic rings. The molecule has 0 spiro atoms. The first-order chi connectivity index (χ1) is 10.5. The van der Waals surface area contributed by atoms with E-state index in [0.29, 0.717) is 24.5 Å². The maximum atomic E-state index is 12.5. The van der Waals surface area contributed by atoms with Crippen molar-refractivity contribution in [3.63, 3.8) is 0 Å². The molecule has 0 atom stereocenters. The van der Waals surface area contributed by atoms with Gasteiger partial charge in [-0.1, -0.05) is 0 Å². The minimum absolute atomic E-state index is 0.0393. The van der Waals surface area contributed by atoms with E-state index in [0.717, 1.165) is 23.7 Å². The van der Waals surface area contributed by atoms with Gasteiger partial charge in [0, 0.05) is 36.7 Å². The zero-order valence-corrected chi connectivity index (χ0v) is 12.9. The number of aromatic nitrogens is 1. The first kappa shape index (κ1) is 15.1. The van der Waals surface area contributed by atoms with Crippen molar-refractivity contribution in [1.82, 2.24) is 8.87 Å². The lowest BCUT2D eigenvalue weighted by molar-refractivity contribution is -0.137. The number of aryl methyl sites for hydroxylation is 1. The Hall–Kier alpha value is -1.86. The van der Waals surface area contributed by atoms with Gasteiger partial charge in [0.2, 0.25) is 10.0 Å². The van der Waals surface area contributed by atoms with Crippen LogP contribution in [0.4, 0.5) is 0 Å². The highest BCUT2D eigenvalue weighted by molar-refractivity contribution is 7.89. The van der Waals surface area contributed by atoms with Gasteiger partial charge in [-0.3, -0.25) is 4.79 Å². The Morgan fingerprint density at radius 1 is 1.18 bits per heavy atom. The Morgan fingerprint density at radius 3 is 2.59 bits per heavy atom. The second kappa shape index (κ2) is 5.73. The van der Waals surface area contributed by atoms with Crippen LogP contribution in [0.25, 0.3) is 10.9 Å². The van der Waals surface area contributed by atoms with Gasteiger partial charge in [0.05, 0.1) is 11.3 Å². The van der Waals surface area contributed by atoms with Gasteiger partial charge < -0.3 is 9.67 Å². The van der Waals surface area contributed by atoms with Gasteiger partial charge in [0.15, 0.2) is 0 Å². The Morgan fingerprint density at radius 2 is 1.91 bits per heavy atom. The molecule has 1 N–H and O–H groups in total. The Balaban J connectivity index is 1.92. The highest BCUT2D eigenvalue weighted by Gasteiger charge is 2.27. The number of hydrogen-bond donors (Lipinski definition) is 1. The van der Waals surface area contributed by atoms with E-state index in [9.17, 15) is 13.2 Å². The van der Waals surface area contributed by atoms with Crippen molar-refractivity contribution in [2.75, 3.05) is 13.1 Å². The molecule has 0 radical (unpaired) electrons. The summed E-state index contributed by atoms with van der Waals surface area (Å²) in [7, 11) is -3.42. The lowest BCUT2D eigenvalue weighted by Crippen LogP contribution is -2.27. The summed E-state index contributed by atoms with van der Waals surface area (Å²) in [4.78, 5) is 11.0. The van der Waals surface area contributed by atoms with E-state index < -0.39 is 16.0 Å². The molecular weight excluding hydrogens is 304 g/mol. The number of aliphatic carboxylic acids is 1. The summed E-state index contributed by atoms with van der Waals surface area (Å²) >= 11 is 0. The molecule has 1 aliphatic heterocycles. The van der Waals surface area contributed by atoms with Crippen LogP contribution in [0.5, 0.6) is 0 Å². The number of carboxylic acid groups (broad SMARTS) is 1. The fourth-order valence-corrected chi connectivity index (χ4v) is 4.38. The van der Waals surface area contributed by atoms with E-state index in [1.165, 1.54) is 4.31 Å². The molecule has 1 aromatic carbocycles. The van der Waals surface area contributed by atoms with Gasteiger partial charge in [0.25, 0.3) is 0 Å². The molecule has 0 unspecified atom stereocenters. The standard InChI is InChI=1S/C15H18N2O4S/c18-15(19)6-10-16-9-5-12-11-13(3-4-14(12)16)22(20,21)17-7-1-2-8-17/h3-5,9,11H,1-2,6-8,10H2,(H,18,19). The van der Waals surface area contributed by atoms with Crippen molar-refractivity contribution in [2.24, 2.45) is 0 Å². The molecular formula is C15H18N2O4S. The van der Waals surface area contributed by atoms with Crippen LogP contribution < -0.4 is 0 Å². The van der Waals surface area contributed by atoms with Crippen LogP contribution in [-0.2, 0) is 21.4 Å². The number of fused-ring (bicyclic) bond motifs is 1. The van der Waals surface area contributed by atoms with Crippen LogP contribution in [0, 0.1) is 0 Å². The van der Waals surface area contributed by atoms with Gasteiger partial charge in [0.1, 0.15) is 0 Å². The monoisotopic (exact) mass is 322 g/mol. The smallest absolute Gasteiger partial charge is 0.305 e. The molecule has 1 aliphatic rings. The fourth-order valence-electron chi connectivity index (χ4n) is 2.83. The largest absolute Gasteiger partial charge is 0.481 e. The van der Waals surface area contributed by atoms with E-state index in [4.69, 9.17) is 5.11 Å². The Labute approximate surface area is 129 Å². The van der Waals surface area contributed by atoms with Crippen LogP contribution >= 0.6 is 0 Å². The highest BCUT2D eigenvalue weighted by Crippen LogP contribution is 2.25. The molecule has 0 saturated carbocycles. The molecule has 22 heavy (non-hydrogen) atoms. The van der Waals surface area contributed by atoms with E-state index >= 15 is 0 Å². The summed E-state index contributed by atoms with van der Waals surface area (Å²) in [5.41, 5.74) is 0.849. The molecule has 1 fully saturated rings. The summed E-state index contributed by atoms with van der Waals surface area (Å²) in [6, 6.07) is 6.84. The van der Waals surface area contributed by atoms with Gasteiger partial charge in [-0.15, -0.1) is 0 Å². The molecule has 1 saturated heterocycles. The van der Waals surface area contributed by atoms with E-state index in [1.807, 2.05) is 10.6 Å². The summed E-state index contributed by atoms with van der Waals surface area (Å²) < 4.78 is 28.4. The topological polar surface area (TPSA) is 79.6 Å². The van der Waals surface area contributed by atoms with E-state index in [1.54, 1.807) is 24.4 Å². The van der Waals surface area contributed by atoms with E-state index in [2.05, 4.69) is 0 Å². The predicted molar refractivity (Wildman–Crippen MR) is 82.2 cm³/mol. The Kier molecular flexibility index (Phi) is 3.92. The highest BCUT2D eigenvalue weighted by atomic mass is 32.2. The lowest BCUT2D eigenvalue weighted by atomic mass is 10.2. The first-order valence-corrected chi connectivity index (χ1v) is 8.73. The summed E-state index contributed by atoms with van der Waals surface area (Å²) in [6.07, 6.45) is 3.65. The SMILES string of the molecule is O=C(O)CCn1ccc2cc(S(=O)(=O)N3CCCC3)ccc21. The number of rotatable bonds is 5. The normalized spacial score (nSPS) is 16.4. The summed E-state index contributed by atoms with van der Waals surface area (Å²) in [5, 5.41) is 9.57. The second-order valence-electron chi connectivity index (χ2n) is 5.48. The third kappa shape index (κ3) is 2.74. The average Bonchev–Trinajstić information content (AvgIpc) is 3.14. The molecule has 0 bridgehead atoms. The predicted octanol–water partition coefficient (Wildman–Crippen LogP) is 1.90. The van der Waals surface area contributed by atoms with Gasteiger partial charge in [-0.05, 0) is 37.1 Å². The molecule has 118 valence electrons. The first-order valence-electron chi connectivity index (χ1n) is 7.29. The third-order valence-electron chi connectivity index (χ3n) is 4.01. The molecule has 0 aliphatic carbocycles. The maximum absolute atomic E-state index is 12.5. The average molecular weight is 322 g/mol. The van der Waals surface area contributed by atoms with Crippen molar-refractivity contribution >= 4 is 26.9 Å². The minimum atomic E-state index is -3.42. The molecule has 2 heterocycles. The van der Waals surface area contributed by atoms with Crippen molar-refractivity contribution in [2.45, 2.75) is 30.7 Å². The lowest BCUT2D eigenvalue weighted by Gasteiger charge is -2.15. The van der Waals surface area contributed by atoms with Crippen LogP contribution in [0.2, 0.25) is 0 Å². The van der Waals surface area contributed by atoms with Gasteiger partial charge in [-0.2, -0.15) is 4.31 Å². The maximum Gasteiger partial charge on any atom is 0.305 e. The van der Waals surface area contributed by atoms with E-state index in [-0.39, 0.29) is 6.42 Å². The zero-order valence-electron chi connectivity index (χ0n) is 12.1. The van der Waals surface area contributed by atoms with Crippen molar-refractivity contribution < 1.29 is 18.3 Å². The zero-order chi connectivity index (χ0) is 15.7. The Bertz CT molecular complexity index is 804. The number of carboxylic acids is 1. The van der Waals surface area contributed by atoms with Crippen molar-refractivity contribution in [3.8, 4) is 0 Å². The van der Waals surface area contributed by atoms with Crippen LogP contribution in [0.1, 0.15) is 19.3 Å². The quantitative estimate of drug-likeness (QED) is 0.912. The molecule has 3 rings (SSSR count). The molecule has 6 nitrogen and oxygen atoms in total. The van der Waals surface area contributed by atoms with Crippen LogP contribution in [0.15, 0.2) is 35.4 Å². The molecule has 7 heteroatoms. The van der Waals surface area contributed by atoms with Crippen LogP contribution in [-0.4, -0.2) is 41.5 Å². The summed E-state index contributed by atoms with van der Waals surface area (Å²) in [5.74, 6) is -0.852. The number of carbonyl (C=O) groups is 1. The second-order valence-corrected chi connectivity index (χ2v) is 7.42. The number of sulfonamides is 1. The summed E-state index contributed by atoms with van der Waals surface area (Å²) in [6.45, 7) is 1.54. The molecule has 0 amide bonds. The number of nitrogens with zero attached hydrogens (tertiary/aromatic N) is 2. The fraction of sp³-hybridized carbons (Fsp3) is 0.400. The minimum Gasteiger partial charge on any atom is -0.481 e.